The fourth-order valence-corrected chi connectivity index (χ4v) is 4.84. The SMILES string of the molecule is CCn1cc(C(=O)N2CCC(NC(=O)CC3CCCC3)CC2)c2ccccc21. The second-order valence-corrected chi connectivity index (χ2v) is 8.33. The van der Waals surface area contributed by atoms with Crippen LogP contribution in [0, 0.1) is 5.92 Å². The van der Waals surface area contributed by atoms with Crippen molar-refractivity contribution in [2.75, 3.05) is 13.1 Å². The molecule has 1 aromatic carbocycles. The Morgan fingerprint density at radius 3 is 2.50 bits per heavy atom. The van der Waals surface area contributed by atoms with Crippen LogP contribution >= 0.6 is 0 Å². The maximum Gasteiger partial charge on any atom is 0.256 e. The van der Waals surface area contributed by atoms with E-state index in [4.69, 9.17) is 0 Å². The molecule has 1 saturated heterocycles. The Morgan fingerprint density at radius 2 is 1.79 bits per heavy atom. The van der Waals surface area contributed by atoms with Crippen LogP contribution in [-0.4, -0.2) is 40.4 Å². The van der Waals surface area contributed by atoms with Crippen LogP contribution in [0.3, 0.4) is 0 Å². The van der Waals surface area contributed by atoms with Gasteiger partial charge < -0.3 is 14.8 Å². The number of hydrogen-bond acceptors (Lipinski definition) is 2. The summed E-state index contributed by atoms with van der Waals surface area (Å²) in [5.74, 6) is 0.888. The number of aromatic nitrogens is 1. The van der Waals surface area contributed by atoms with Gasteiger partial charge in [0.05, 0.1) is 5.56 Å². The molecule has 28 heavy (non-hydrogen) atoms. The minimum atomic E-state index is 0.110. The molecule has 0 atom stereocenters. The van der Waals surface area contributed by atoms with Gasteiger partial charge in [-0.05, 0) is 44.6 Å². The summed E-state index contributed by atoms with van der Waals surface area (Å²) in [6.07, 6.45) is 9.29. The summed E-state index contributed by atoms with van der Waals surface area (Å²) in [6.45, 7) is 4.36. The third kappa shape index (κ3) is 3.94. The van der Waals surface area contributed by atoms with Crippen molar-refractivity contribution < 1.29 is 9.59 Å². The van der Waals surface area contributed by atoms with E-state index in [2.05, 4.69) is 22.9 Å². The van der Waals surface area contributed by atoms with Crippen molar-refractivity contribution >= 4 is 22.7 Å². The Balaban J connectivity index is 1.35. The molecule has 5 nitrogen and oxygen atoms in total. The summed E-state index contributed by atoms with van der Waals surface area (Å²) in [4.78, 5) is 27.4. The lowest BCUT2D eigenvalue weighted by atomic mass is 10.0. The van der Waals surface area contributed by atoms with Crippen LogP contribution in [0.1, 0.15) is 62.2 Å². The van der Waals surface area contributed by atoms with E-state index in [1.165, 1.54) is 25.7 Å². The molecule has 0 bridgehead atoms. The van der Waals surface area contributed by atoms with Crippen LogP contribution < -0.4 is 5.32 Å². The van der Waals surface area contributed by atoms with E-state index in [1.54, 1.807) is 0 Å². The van der Waals surface area contributed by atoms with Crippen molar-refractivity contribution in [3.8, 4) is 0 Å². The lowest BCUT2D eigenvalue weighted by Crippen LogP contribution is -2.46. The summed E-state index contributed by atoms with van der Waals surface area (Å²) in [6, 6.07) is 8.31. The normalized spacial score (nSPS) is 18.7. The zero-order chi connectivity index (χ0) is 19.5. The van der Waals surface area contributed by atoms with Gasteiger partial charge in [0.1, 0.15) is 0 Å². The van der Waals surface area contributed by atoms with Crippen LogP contribution in [0.25, 0.3) is 10.9 Å². The van der Waals surface area contributed by atoms with Gasteiger partial charge in [0.25, 0.3) is 5.91 Å². The zero-order valence-electron chi connectivity index (χ0n) is 16.8. The lowest BCUT2D eigenvalue weighted by molar-refractivity contribution is -0.122. The highest BCUT2D eigenvalue weighted by molar-refractivity contribution is 6.07. The topological polar surface area (TPSA) is 54.3 Å². The number of fused-ring (bicyclic) bond motifs is 1. The van der Waals surface area contributed by atoms with Crippen molar-refractivity contribution in [1.29, 1.82) is 0 Å². The lowest BCUT2D eigenvalue weighted by Gasteiger charge is -2.32. The van der Waals surface area contributed by atoms with Gasteiger partial charge in [-0.25, -0.2) is 0 Å². The maximum atomic E-state index is 13.1. The van der Waals surface area contributed by atoms with Crippen LogP contribution in [0.2, 0.25) is 0 Å². The van der Waals surface area contributed by atoms with Crippen molar-refractivity contribution in [3.05, 3.63) is 36.0 Å². The summed E-state index contributed by atoms with van der Waals surface area (Å²) in [5, 5.41) is 4.24. The van der Waals surface area contributed by atoms with Gasteiger partial charge in [-0.15, -0.1) is 0 Å². The molecular formula is C23H31N3O2. The van der Waals surface area contributed by atoms with Crippen molar-refractivity contribution in [2.24, 2.45) is 5.92 Å². The van der Waals surface area contributed by atoms with Gasteiger partial charge in [0.15, 0.2) is 0 Å². The molecule has 1 aliphatic carbocycles. The third-order valence-corrected chi connectivity index (χ3v) is 6.46. The molecule has 1 aliphatic heterocycles. The number of carbonyl (C=O) groups is 2. The van der Waals surface area contributed by atoms with Crippen LogP contribution in [0.15, 0.2) is 30.5 Å². The average molecular weight is 382 g/mol. The van der Waals surface area contributed by atoms with Crippen molar-refractivity contribution in [3.63, 3.8) is 0 Å². The number of likely N-dealkylation sites (tertiary alicyclic amines) is 1. The Kier molecular flexibility index (Phi) is 5.69. The number of aryl methyl sites for hydroxylation is 1. The minimum Gasteiger partial charge on any atom is -0.353 e. The molecule has 0 spiro atoms. The average Bonchev–Trinajstić information content (AvgIpc) is 3.35. The first-order chi connectivity index (χ1) is 13.7. The van der Waals surface area contributed by atoms with E-state index in [-0.39, 0.29) is 17.9 Å². The number of para-hydroxylation sites is 1. The summed E-state index contributed by atoms with van der Waals surface area (Å²) in [7, 11) is 0. The molecule has 1 saturated carbocycles. The highest BCUT2D eigenvalue weighted by Crippen LogP contribution is 2.28. The van der Waals surface area contributed by atoms with Gasteiger partial charge in [-0.1, -0.05) is 31.0 Å². The van der Waals surface area contributed by atoms with Crippen molar-refractivity contribution in [1.82, 2.24) is 14.8 Å². The van der Waals surface area contributed by atoms with E-state index < -0.39 is 0 Å². The van der Waals surface area contributed by atoms with Crippen LogP contribution in [-0.2, 0) is 11.3 Å². The zero-order valence-corrected chi connectivity index (χ0v) is 16.8. The largest absolute Gasteiger partial charge is 0.353 e. The Labute approximate surface area is 167 Å². The molecule has 2 amide bonds. The number of rotatable bonds is 5. The predicted octanol–water partition coefficient (Wildman–Crippen LogP) is 3.96. The molecule has 2 aliphatic rings. The third-order valence-electron chi connectivity index (χ3n) is 6.46. The first kappa shape index (κ1) is 19.0. The standard InChI is InChI=1S/C23H31N3O2/c1-2-25-16-20(19-9-5-6-10-21(19)25)23(28)26-13-11-18(12-14-26)24-22(27)15-17-7-3-4-8-17/h5-6,9-10,16-18H,2-4,7-8,11-15H2,1H3,(H,24,27). The molecule has 0 unspecified atom stereocenters. The van der Waals surface area contributed by atoms with Gasteiger partial charge in [0, 0.05) is 49.2 Å². The fourth-order valence-electron chi connectivity index (χ4n) is 4.84. The molecule has 0 radical (unpaired) electrons. The predicted molar refractivity (Wildman–Crippen MR) is 111 cm³/mol. The quantitative estimate of drug-likeness (QED) is 0.852. The highest BCUT2D eigenvalue weighted by Gasteiger charge is 2.27. The van der Waals surface area contributed by atoms with Gasteiger partial charge in [-0.3, -0.25) is 9.59 Å². The number of piperidine rings is 1. The monoisotopic (exact) mass is 381 g/mol. The minimum absolute atomic E-state index is 0.110. The molecule has 2 fully saturated rings. The Morgan fingerprint density at radius 1 is 1.07 bits per heavy atom. The number of carbonyl (C=O) groups excluding carboxylic acids is 2. The number of hydrogen-bond donors (Lipinski definition) is 1. The number of benzene rings is 1. The number of amides is 2. The number of nitrogens with one attached hydrogen (secondary N) is 1. The summed E-state index contributed by atoms with van der Waals surface area (Å²) in [5.41, 5.74) is 1.91. The van der Waals surface area contributed by atoms with E-state index in [9.17, 15) is 9.59 Å². The van der Waals surface area contributed by atoms with Gasteiger partial charge in [-0.2, -0.15) is 0 Å². The molecule has 150 valence electrons. The maximum absolute atomic E-state index is 13.1. The Bertz CT molecular complexity index is 843. The summed E-state index contributed by atoms with van der Waals surface area (Å²) >= 11 is 0. The summed E-state index contributed by atoms with van der Waals surface area (Å²) < 4.78 is 2.14. The fraction of sp³-hybridized carbons (Fsp3) is 0.565. The van der Waals surface area contributed by atoms with E-state index in [0.717, 1.165) is 35.9 Å². The smallest absolute Gasteiger partial charge is 0.256 e. The molecule has 1 aromatic heterocycles. The van der Waals surface area contributed by atoms with Crippen LogP contribution in [0.5, 0.6) is 0 Å². The van der Waals surface area contributed by atoms with Gasteiger partial charge in [0.2, 0.25) is 5.91 Å². The second kappa shape index (κ2) is 8.38. The van der Waals surface area contributed by atoms with E-state index in [1.807, 2.05) is 29.3 Å². The van der Waals surface area contributed by atoms with Crippen LogP contribution in [0.4, 0.5) is 0 Å². The van der Waals surface area contributed by atoms with E-state index >= 15 is 0 Å². The molecule has 4 rings (SSSR count). The molecular weight excluding hydrogens is 350 g/mol. The first-order valence-electron chi connectivity index (χ1n) is 10.8. The first-order valence-corrected chi connectivity index (χ1v) is 10.8. The van der Waals surface area contributed by atoms with Gasteiger partial charge >= 0.3 is 0 Å². The van der Waals surface area contributed by atoms with Crippen molar-refractivity contribution in [2.45, 2.75) is 64.5 Å². The molecule has 2 aromatic rings. The molecule has 2 heterocycles. The number of nitrogens with zero attached hydrogens (tertiary/aromatic N) is 2. The second-order valence-electron chi connectivity index (χ2n) is 8.33. The highest BCUT2D eigenvalue weighted by atomic mass is 16.2. The molecule has 5 heteroatoms. The Hall–Kier alpha value is -2.30. The molecule has 1 N–H and O–H groups in total. The van der Waals surface area contributed by atoms with E-state index in [0.29, 0.717) is 25.4 Å².